The number of hydrogen-bond acceptors (Lipinski definition) is 6. The molecular formula is C30H32N4O4. The van der Waals surface area contributed by atoms with Crippen molar-refractivity contribution in [3.8, 4) is 0 Å². The molecule has 8 nitrogen and oxygen atoms in total. The molecule has 0 fully saturated rings. The molecule has 196 valence electrons. The van der Waals surface area contributed by atoms with E-state index >= 15 is 0 Å². The lowest BCUT2D eigenvalue weighted by Crippen LogP contribution is -2.38. The molecule has 3 aromatic rings. The first-order valence-corrected chi connectivity index (χ1v) is 12.6. The van der Waals surface area contributed by atoms with Gasteiger partial charge in [-0.2, -0.15) is 0 Å². The maximum Gasteiger partial charge on any atom is 0.337 e. The van der Waals surface area contributed by atoms with Gasteiger partial charge in [-0.15, -0.1) is 0 Å². The molecule has 1 heterocycles. The molecule has 0 aliphatic carbocycles. The third-order valence-corrected chi connectivity index (χ3v) is 6.65. The van der Waals surface area contributed by atoms with Crippen molar-refractivity contribution in [2.75, 3.05) is 49.3 Å². The molecule has 1 aliphatic heterocycles. The molecule has 0 radical (unpaired) electrons. The summed E-state index contributed by atoms with van der Waals surface area (Å²) >= 11 is 0. The fraction of sp³-hybridized carbons (Fsp3) is 0.233. The largest absolute Gasteiger partial charge is 0.465 e. The van der Waals surface area contributed by atoms with Gasteiger partial charge < -0.3 is 20.3 Å². The Balaban J connectivity index is 1.66. The number of carbonyl (C=O) groups excluding carboxylic acids is 3. The average Bonchev–Trinajstić information content (AvgIpc) is 3.28. The third kappa shape index (κ3) is 5.60. The van der Waals surface area contributed by atoms with Gasteiger partial charge in [0.15, 0.2) is 0 Å². The smallest absolute Gasteiger partial charge is 0.337 e. The standard InChI is InChI=1S/C30H32N4O4/c1-5-34(6-2)19-26(35)33(3)23-15-13-22(14-16-23)31-28(20-10-8-7-9-11-20)27-24-17-12-21(30(37)38-4)18-25(24)32-29(27)36/h7-18,31H,5-6,19H2,1-4H3,(H,32,36)/b28-27+. The third-order valence-electron chi connectivity index (χ3n) is 6.65. The summed E-state index contributed by atoms with van der Waals surface area (Å²) in [6.45, 7) is 6.07. The number of benzene rings is 3. The molecule has 0 unspecified atom stereocenters. The van der Waals surface area contributed by atoms with Gasteiger partial charge in [0.25, 0.3) is 5.91 Å². The molecule has 0 bridgehead atoms. The van der Waals surface area contributed by atoms with Gasteiger partial charge in [0.2, 0.25) is 5.91 Å². The van der Waals surface area contributed by atoms with Crippen LogP contribution in [0.25, 0.3) is 11.3 Å². The SMILES string of the molecule is CCN(CC)CC(=O)N(C)c1ccc(N/C(=C2/C(=O)Nc3cc(C(=O)OC)ccc32)c2ccccc2)cc1. The highest BCUT2D eigenvalue weighted by atomic mass is 16.5. The molecule has 0 saturated heterocycles. The molecule has 0 aromatic heterocycles. The highest BCUT2D eigenvalue weighted by Crippen LogP contribution is 2.38. The van der Waals surface area contributed by atoms with Crippen LogP contribution in [-0.4, -0.2) is 56.5 Å². The zero-order chi connectivity index (χ0) is 27.2. The van der Waals surface area contributed by atoms with Gasteiger partial charge in [-0.05, 0) is 55.1 Å². The van der Waals surface area contributed by atoms with E-state index < -0.39 is 5.97 Å². The lowest BCUT2D eigenvalue weighted by molar-refractivity contribution is -0.119. The van der Waals surface area contributed by atoms with Crippen LogP contribution < -0.4 is 15.5 Å². The van der Waals surface area contributed by atoms with Crippen LogP contribution in [0.2, 0.25) is 0 Å². The molecule has 38 heavy (non-hydrogen) atoms. The molecule has 0 saturated carbocycles. The van der Waals surface area contributed by atoms with Gasteiger partial charge >= 0.3 is 5.97 Å². The second-order valence-electron chi connectivity index (χ2n) is 8.91. The van der Waals surface area contributed by atoms with E-state index in [0.29, 0.717) is 34.6 Å². The number of rotatable bonds is 9. The number of nitrogens with zero attached hydrogens (tertiary/aromatic N) is 2. The van der Waals surface area contributed by atoms with E-state index in [0.717, 1.165) is 30.0 Å². The zero-order valence-corrected chi connectivity index (χ0v) is 22.1. The van der Waals surface area contributed by atoms with Crippen molar-refractivity contribution in [2.45, 2.75) is 13.8 Å². The van der Waals surface area contributed by atoms with Crippen molar-refractivity contribution in [1.82, 2.24) is 4.90 Å². The highest BCUT2D eigenvalue weighted by molar-refractivity contribution is 6.37. The fourth-order valence-electron chi connectivity index (χ4n) is 4.35. The number of methoxy groups -OCH3 is 1. The van der Waals surface area contributed by atoms with Gasteiger partial charge in [0, 0.05) is 24.0 Å². The molecule has 4 rings (SSSR count). The number of nitrogens with one attached hydrogen (secondary N) is 2. The van der Waals surface area contributed by atoms with Gasteiger partial charge in [0.1, 0.15) is 0 Å². The average molecular weight is 513 g/mol. The monoisotopic (exact) mass is 512 g/mol. The summed E-state index contributed by atoms with van der Waals surface area (Å²) in [7, 11) is 3.09. The van der Waals surface area contributed by atoms with Crippen LogP contribution >= 0.6 is 0 Å². The molecule has 8 heteroatoms. The van der Waals surface area contributed by atoms with Gasteiger partial charge in [-0.3, -0.25) is 14.5 Å². The van der Waals surface area contributed by atoms with Crippen LogP contribution in [0.3, 0.4) is 0 Å². The molecule has 2 N–H and O–H groups in total. The number of hydrogen-bond donors (Lipinski definition) is 2. The van der Waals surface area contributed by atoms with Crippen molar-refractivity contribution in [3.05, 3.63) is 89.5 Å². The number of anilines is 3. The number of ether oxygens (including phenoxy) is 1. The van der Waals surface area contributed by atoms with Crippen LogP contribution in [0.15, 0.2) is 72.8 Å². The molecule has 1 aliphatic rings. The van der Waals surface area contributed by atoms with Crippen molar-refractivity contribution >= 4 is 46.1 Å². The maximum atomic E-state index is 13.2. The van der Waals surface area contributed by atoms with Crippen molar-refractivity contribution in [3.63, 3.8) is 0 Å². The predicted molar refractivity (Wildman–Crippen MR) is 151 cm³/mol. The minimum Gasteiger partial charge on any atom is -0.465 e. The maximum absolute atomic E-state index is 13.2. The Bertz CT molecular complexity index is 1360. The van der Waals surface area contributed by atoms with E-state index in [1.807, 2.05) is 68.4 Å². The van der Waals surface area contributed by atoms with E-state index in [1.54, 1.807) is 30.1 Å². The first-order valence-electron chi connectivity index (χ1n) is 12.6. The Kier molecular flexibility index (Phi) is 8.23. The summed E-state index contributed by atoms with van der Waals surface area (Å²) in [5, 5.41) is 6.29. The zero-order valence-electron chi connectivity index (χ0n) is 22.1. The Morgan fingerprint density at radius 1 is 0.921 bits per heavy atom. The molecular weight excluding hydrogens is 480 g/mol. The van der Waals surface area contributed by atoms with Crippen LogP contribution in [0.4, 0.5) is 17.1 Å². The first kappa shape index (κ1) is 26.6. The van der Waals surface area contributed by atoms with E-state index in [9.17, 15) is 14.4 Å². The number of carbonyl (C=O) groups is 3. The second kappa shape index (κ2) is 11.7. The van der Waals surface area contributed by atoms with Crippen LogP contribution in [0, 0.1) is 0 Å². The summed E-state index contributed by atoms with van der Waals surface area (Å²) in [5.74, 6) is -0.722. The molecule has 0 atom stereocenters. The summed E-state index contributed by atoms with van der Waals surface area (Å²) in [6.07, 6.45) is 0. The van der Waals surface area contributed by atoms with Crippen molar-refractivity contribution in [1.29, 1.82) is 0 Å². The molecule has 0 spiro atoms. The minimum absolute atomic E-state index is 0.0204. The van der Waals surface area contributed by atoms with Gasteiger partial charge in [0.05, 0.1) is 36.2 Å². The van der Waals surface area contributed by atoms with Crippen LogP contribution in [-0.2, 0) is 14.3 Å². The van der Waals surface area contributed by atoms with Gasteiger partial charge in [-0.1, -0.05) is 50.2 Å². The summed E-state index contributed by atoms with van der Waals surface area (Å²) in [6, 6.07) is 22.1. The van der Waals surface area contributed by atoms with Crippen LogP contribution in [0.1, 0.15) is 35.3 Å². The Hall–Kier alpha value is -4.43. The lowest BCUT2D eigenvalue weighted by atomic mass is 9.99. The molecule has 2 amide bonds. The number of esters is 1. The Morgan fingerprint density at radius 2 is 1.61 bits per heavy atom. The first-order chi connectivity index (χ1) is 18.4. The normalized spacial score (nSPS) is 13.6. The predicted octanol–water partition coefficient (Wildman–Crippen LogP) is 4.71. The van der Waals surface area contributed by atoms with Crippen molar-refractivity contribution in [2.24, 2.45) is 0 Å². The van der Waals surface area contributed by atoms with E-state index in [4.69, 9.17) is 4.74 Å². The summed E-state index contributed by atoms with van der Waals surface area (Å²) < 4.78 is 4.81. The quantitative estimate of drug-likeness (QED) is 0.319. The minimum atomic E-state index is -0.471. The number of fused-ring (bicyclic) bond motifs is 1. The lowest BCUT2D eigenvalue weighted by Gasteiger charge is -2.23. The highest BCUT2D eigenvalue weighted by Gasteiger charge is 2.29. The number of likely N-dealkylation sites (N-methyl/N-ethyl adjacent to an activating group) is 2. The van der Waals surface area contributed by atoms with E-state index in [1.165, 1.54) is 7.11 Å². The molecule has 3 aromatic carbocycles. The Morgan fingerprint density at radius 3 is 2.24 bits per heavy atom. The summed E-state index contributed by atoms with van der Waals surface area (Å²) in [5.41, 5.74) is 5.07. The fourth-order valence-corrected chi connectivity index (χ4v) is 4.35. The van der Waals surface area contributed by atoms with E-state index in [2.05, 4.69) is 15.5 Å². The van der Waals surface area contributed by atoms with Crippen LogP contribution in [0.5, 0.6) is 0 Å². The topological polar surface area (TPSA) is 91.0 Å². The second-order valence-corrected chi connectivity index (χ2v) is 8.91. The number of amides is 2. The van der Waals surface area contributed by atoms with Crippen molar-refractivity contribution < 1.29 is 19.1 Å². The van der Waals surface area contributed by atoms with E-state index in [-0.39, 0.29) is 11.8 Å². The van der Waals surface area contributed by atoms with Gasteiger partial charge in [-0.25, -0.2) is 4.79 Å². The Labute approximate surface area is 222 Å². The summed E-state index contributed by atoms with van der Waals surface area (Å²) in [4.78, 5) is 41.6.